The summed E-state index contributed by atoms with van der Waals surface area (Å²) >= 11 is 0. The standard InChI is InChI=1S/C14H26O2/c1-3-4-5-6-7-8-9-10-11-12-13-16-14(2)15/h6-7H,3-5,8-13H2,1-2H3. The van der Waals surface area contributed by atoms with Gasteiger partial charge in [-0.1, -0.05) is 44.8 Å². The second kappa shape index (κ2) is 12.3. The first kappa shape index (κ1) is 15.2. The van der Waals surface area contributed by atoms with Gasteiger partial charge in [0.2, 0.25) is 0 Å². The molecule has 0 aliphatic heterocycles. The monoisotopic (exact) mass is 226 g/mol. The van der Waals surface area contributed by atoms with E-state index in [-0.39, 0.29) is 5.97 Å². The van der Waals surface area contributed by atoms with E-state index in [0.717, 1.165) is 12.8 Å². The first-order chi connectivity index (χ1) is 7.77. The van der Waals surface area contributed by atoms with Crippen LogP contribution in [0.15, 0.2) is 12.2 Å². The zero-order valence-corrected chi connectivity index (χ0v) is 10.8. The van der Waals surface area contributed by atoms with Crippen molar-refractivity contribution >= 4 is 5.97 Å². The van der Waals surface area contributed by atoms with Crippen LogP contribution >= 0.6 is 0 Å². The quantitative estimate of drug-likeness (QED) is 0.316. The smallest absolute Gasteiger partial charge is 0.302 e. The van der Waals surface area contributed by atoms with E-state index in [1.54, 1.807) is 0 Å². The Morgan fingerprint density at radius 2 is 1.62 bits per heavy atom. The third-order valence-corrected chi connectivity index (χ3v) is 2.46. The van der Waals surface area contributed by atoms with E-state index in [1.165, 1.54) is 45.4 Å². The topological polar surface area (TPSA) is 26.3 Å². The number of carbonyl (C=O) groups excluding carboxylic acids is 1. The molecule has 0 radical (unpaired) electrons. The molecule has 0 spiro atoms. The Morgan fingerprint density at radius 3 is 2.25 bits per heavy atom. The summed E-state index contributed by atoms with van der Waals surface area (Å²) < 4.78 is 4.86. The van der Waals surface area contributed by atoms with Crippen LogP contribution in [0.4, 0.5) is 0 Å². The maximum atomic E-state index is 10.5. The molecule has 0 aromatic heterocycles. The van der Waals surface area contributed by atoms with Crippen molar-refractivity contribution in [3.05, 3.63) is 12.2 Å². The summed E-state index contributed by atoms with van der Waals surface area (Å²) in [7, 11) is 0. The van der Waals surface area contributed by atoms with E-state index in [0.29, 0.717) is 6.61 Å². The Balaban J connectivity index is 3.03. The number of hydrogen-bond donors (Lipinski definition) is 0. The van der Waals surface area contributed by atoms with Gasteiger partial charge >= 0.3 is 5.97 Å². The highest BCUT2D eigenvalue weighted by atomic mass is 16.5. The Morgan fingerprint density at radius 1 is 1.00 bits per heavy atom. The van der Waals surface area contributed by atoms with Gasteiger partial charge in [0.25, 0.3) is 0 Å². The van der Waals surface area contributed by atoms with E-state index >= 15 is 0 Å². The summed E-state index contributed by atoms with van der Waals surface area (Å²) in [5.74, 6) is -0.168. The molecule has 16 heavy (non-hydrogen) atoms. The van der Waals surface area contributed by atoms with Crippen molar-refractivity contribution < 1.29 is 9.53 Å². The Kier molecular flexibility index (Phi) is 11.7. The number of carbonyl (C=O) groups is 1. The molecule has 2 heteroatoms. The first-order valence-corrected chi connectivity index (χ1v) is 6.55. The number of hydrogen-bond acceptors (Lipinski definition) is 2. The molecule has 0 heterocycles. The summed E-state index contributed by atoms with van der Waals surface area (Å²) in [6.07, 6.45) is 14.2. The van der Waals surface area contributed by atoms with Gasteiger partial charge in [-0.25, -0.2) is 0 Å². The zero-order valence-electron chi connectivity index (χ0n) is 10.8. The number of unbranched alkanes of at least 4 members (excludes halogenated alkanes) is 6. The van der Waals surface area contributed by atoms with Crippen molar-refractivity contribution in [2.45, 2.75) is 65.2 Å². The lowest BCUT2D eigenvalue weighted by Gasteiger charge is -2.00. The average Bonchev–Trinajstić information content (AvgIpc) is 2.25. The fraction of sp³-hybridized carbons (Fsp3) is 0.786. The highest BCUT2D eigenvalue weighted by molar-refractivity contribution is 5.65. The molecule has 0 amide bonds. The van der Waals surface area contributed by atoms with Crippen molar-refractivity contribution in [1.82, 2.24) is 0 Å². The zero-order chi connectivity index (χ0) is 12.1. The molecule has 0 aliphatic rings. The third-order valence-electron chi connectivity index (χ3n) is 2.46. The molecule has 0 saturated carbocycles. The maximum Gasteiger partial charge on any atom is 0.302 e. The van der Waals surface area contributed by atoms with Crippen molar-refractivity contribution in [3.8, 4) is 0 Å². The predicted molar refractivity (Wildman–Crippen MR) is 68.4 cm³/mol. The lowest BCUT2D eigenvalue weighted by Crippen LogP contribution is -1.99. The van der Waals surface area contributed by atoms with E-state index in [1.807, 2.05) is 0 Å². The minimum absolute atomic E-state index is 0.168. The Labute approximate surface area is 100 Å². The van der Waals surface area contributed by atoms with Gasteiger partial charge in [-0.2, -0.15) is 0 Å². The Hall–Kier alpha value is -0.790. The van der Waals surface area contributed by atoms with Crippen LogP contribution in [0.3, 0.4) is 0 Å². The van der Waals surface area contributed by atoms with Crippen LogP contribution in [0.2, 0.25) is 0 Å². The second-order valence-electron chi connectivity index (χ2n) is 4.16. The van der Waals surface area contributed by atoms with Gasteiger partial charge in [-0.05, 0) is 25.7 Å². The summed E-state index contributed by atoms with van der Waals surface area (Å²) in [6.45, 7) is 4.26. The molecule has 2 nitrogen and oxygen atoms in total. The van der Waals surface area contributed by atoms with Crippen LogP contribution in [0, 0.1) is 0 Å². The van der Waals surface area contributed by atoms with Crippen LogP contribution in [0.1, 0.15) is 65.2 Å². The molecule has 0 fully saturated rings. The molecule has 0 rings (SSSR count). The van der Waals surface area contributed by atoms with Gasteiger partial charge in [0.05, 0.1) is 6.61 Å². The Bertz CT molecular complexity index is 185. The number of esters is 1. The van der Waals surface area contributed by atoms with Gasteiger partial charge in [0.1, 0.15) is 0 Å². The normalized spacial score (nSPS) is 10.9. The van der Waals surface area contributed by atoms with Gasteiger partial charge < -0.3 is 4.74 Å². The van der Waals surface area contributed by atoms with Crippen LogP contribution in [-0.2, 0) is 9.53 Å². The minimum Gasteiger partial charge on any atom is -0.466 e. The van der Waals surface area contributed by atoms with Crippen molar-refractivity contribution in [3.63, 3.8) is 0 Å². The molecule has 0 aliphatic carbocycles. The molecule has 0 unspecified atom stereocenters. The third kappa shape index (κ3) is 13.2. The number of rotatable bonds is 10. The van der Waals surface area contributed by atoms with Gasteiger partial charge in [0, 0.05) is 6.92 Å². The number of ether oxygens (including phenoxy) is 1. The minimum atomic E-state index is -0.168. The first-order valence-electron chi connectivity index (χ1n) is 6.55. The summed E-state index contributed by atoms with van der Waals surface area (Å²) in [4.78, 5) is 10.5. The summed E-state index contributed by atoms with van der Waals surface area (Å²) in [5, 5.41) is 0. The van der Waals surface area contributed by atoms with Gasteiger partial charge in [-0.15, -0.1) is 0 Å². The number of allylic oxidation sites excluding steroid dienone is 2. The largest absolute Gasteiger partial charge is 0.466 e. The highest BCUT2D eigenvalue weighted by Crippen LogP contribution is 2.05. The lowest BCUT2D eigenvalue weighted by atomic mass is 10.1. The van der Waals surface area contributed by atoms with E-state index in [2.05, 4.69) is 19.1 Å². The molecular formula is C14H26O2. The second-order valence-corrected chi connectivity index (χ2v) is 4.16. The molecule has 0 N–H and O–H groups in total. The van der Waals surface area contributed by atoms with Crippen LogP contribution < -0.4 is 0 Å². The van der Waals surface area contributed by atoms with E-state index in [4.69, 9.17) is 4.74 Å². The molecule has 0 aromatic carbocycles. The van der Waals surface area contributed by atoms with Gasteiger partial charge in [-0.3, -0.25) is 4.79 Å². The SMILES string of the molecule is CCCCC=CCCCCCCOC(C)=O. The van der Waals surface area contributed by atoms with Crippen molar-refractivity contribution in [1.29, 1.82) is 0 Å². The molecule has 0 saturated heterocycles. The molecule has 0 aromatic rings. The van der Waals surface area contributed by atoms with Gasteiger partial charge in [0.15, 0.2) is 0 Å². The lowest BCUT2D eigenvalue weighted by molar-refractivity contribution is -0.141. The van der Waals surface area contributed by atoms with Crippen molar-refractivity contribution in [2.75, 3.05) is 6.61 Å². The average molecular weight is 226 g/mol. The molecule has 0 atom stereocenters. The fourth-order valence-electron chi connectivity index (χ4n) is 1.49. The molecule has 0 bridgehead atoms. The van der Waals surface area contributed by atoms with E-state index in [9.17, 15) is 4.79 Å². The van der Waals surface area contributed by atoms with Crippen LogP contribution in [-0.4, -0.2) is 12.6 Å². The fourth-order valence-corrected chi connectivity index (χ4v) is 1.49. The molecular weight excluding hydrogens is 200 g/mol. The summed E-state index contributed by atoms with van der Waals surface area (Å²) in [5.41, 5.74) is 0. The van der Waals surface area contributed by atoms with Crippen molar-refractivity contribution in [2.24, 2.45) is 0 Å². The summed E-state index contributed by atoms with van der Waals surface area (Å²) in [6, 6.07) is 0. The van der Waals surface area contributed by atoms with Crippen LogP contribution in [0.25, 0.3) is 0 Å². The predicted octanol–water partition coefficient (Wildman–Crippen LogP) is 4.25. The van der Waals surface area contributed by atoms with E-state index < -0.39 is 0 Å². The maximum absolute atomic E-state index is 10.5. The highest BCUT2D eigenvalue weighted by Gasteiger charge is 1.92. The molecule has 94 valence electrons. The van der Waals surface area contributed by atoms with Crippen LogP contribution in [0.5, 0.6) is 0 Å².